The van der Waals surface area contributed by atoms with E-state index in [1.165, 1.54) is 5.56 Å². The first kappa shape index (κ1) is 19.8. The summed E-state index contributed by atoms with van der Waals surface area (Å²) in [6, 6.07) is 17.0. The lowest BCUT2D eigenvalue weighted by Gasteiger charge is -2.32. The summed E-state index contributed by atoms with van der Waals surface area (Å²) < 4.78 is 0.882. The highest BCUT2D eigenvalue weighted by atomic mass is 79.9. The molecule has 7 heteroatoms. The number of aromatic nitrogens is 3. The van der Waals surface area contributed by atoms with Crippen molar-refractivity contribution in [3.05, 3.63) is 76.7 Å². The van der Waals surface area contributed by atoms with Gasteiger partial charge in [0.2, 0.25) is 5.95 Å². The van der Waals surface area contributed by atoms with Crippen molar-refractivity contribution in [1.29, 1.82) is 0 Å². The van der Waals surface area contributed by atoms with Crippen LogP contribution in [-0.4, -0.2) is 39.0 Å². The molecule has 2 N–H and O–H groups in total. The average Bonchev–Trinajstić information content (AvgIpc) is 2.77. The van der Waals surface area contributed by atoms with E-state index in [4.69, 9.17) is 0 Å². The van der Waals surface area contributed by atoms with Gasteiger partial charge in [0.1, 0.15) is 5.82 Å². The Balaban J connectivity index is 1.30. The third-order valence-corrected chi connectivity index (χ3v) is 5.66. The lowest BCUT2D eigenvalue weighted by molar-refractivity contribution is 0.211. The molecule has 3 heterocycles. The normalized spacial score (nSPS) is 15.2. The zero-order chi connectivity index (χ0) is 19.9. The maximum absolute atomic E-state index is 4.65. The van der Waals surface area contributed by atoms with Crippen LogP contribution < -0.4 is 10.6 Å². The highest BCUT2D eigenvalue weighted by Gasteiger charge is 2.20. The van der Waals surface area contributed by atoms with Crippen LogP contribution in [0.2, 0.25) is 0 Å². The number of nitrogens with zero attached hydrogens (tertiary/aromatic N) is 4. The molecule has 1 aromatic carbocycles. The minimum atomic E-state index is 0.414. The van der Waals surface area contributed by atoms with Crippen LogP contribution in [0.25, 0.3) is 0 Å². The van der Waals surface area contributed by atoms with Crippen LogP contribution in [0.3, 0.4) is 0 Å². The molecule has 0 aliphatic carbocycles. The zero-order valence-corrected chi connectivity index (χ0v) is 17.8. The van der Waals surface area contributed by atoms with E-state index in [9.17, 15) is 0 Å². The van der Waals surface area contributed by atoms with Gasteiger partial charge < -0.3 is 10.6 Å². The minimum absolute atomic E-state index is 0.414. The molecule has 1 saturated heterocycles. The van der Waals surface area contributed by atoms with Gasteiger partial charge in [0.15, 0.2) is 0 Å². The van der Waals surface area contributed by atoms with Gasteiger partial charge in [0.25, 0.3) is 0 Å². The average molecular weight is 453 g/mol. The summed E-state index contributed by atoms with van der Waals surface area (Å²) in [5, 5.41) is 6.84. The smallest absolute Gasteiger partial charge is 0.224 e. The van der Waals surface area contributed by atoms with Gasteiger partial charge >= 0.3 is 0 Å². The van der Waals surface area contributed by atoms with E-state index in [-0.39, 0.29) is 0 Å². The largest absolute Gasteiger partial charge is 0.366 e. The van der Waals surface area contributed by atoms with Gasteiger partial charge in [-0.3, -0.25) is 9.88 Å². The molecule has 1 aliphatic heterocycles. The van der Waals surface area contributed by atoms with Crippen molar-refractivity contribution in [3.8, 4) is 0 Å². The van der Waals surface area contributed by atoms with Crippen LogP contribution in [-0.2, 0) is 13.1 Å². The zero-order valence-electron chi connectivity index (χ0n) is 16.3. The highest BCUT2D eigenvalue weighted by Crippen LogP contribution is 2.24. The van der Waals surface area contributed by atoms with E-state index in [1.54, 1.807) is 12.4 Å². The van der Waals surface area contributed by atoms with Gasteiger partial charge in [-0.2, -0.15) is 4.98 Å². The number of benzene rings is 1. The molecule has 0 amide bonds. The second-order valence-electron chi connectivity index (χ2n) is 7.25. The standard InChI is InChI=1S/C22H25BrN6/c23-20-15-26-22(25-14-19-8-4-5-11-24-19)28-21(20)27-18-9-12-29(13-10-18)16-17-6-2-1-3-7-17/h1-8,11,15,18H,9-10,12-14,16H2,(H2,25,26,27,28). The summed E-state index contributed by atoms with van der Waals surface area (Å²) in [5.74, 6) is 1.44. The number of hydrogen-bond acceptors (Lipinski definition) is 6. The van der Waals surface area contributed by atoms with E-state index in [1.807, 2.05) is 18.2 Å². The second kappa shape index (κ2) is 9.80. The third kappa shape index (κ3) is 5.74. The molecule has 0 atom stereocenters. The molecular formula is C22H25BrN6. The molecular weight excluding hydrogens is 428 g/mol. The summed E-state index contributed by atoms with van der Waals surface area (Å²) in [4.78, 5) is 15.8. The predicted molar refractivity (Wildman–Crippen MR) is 120 cm³/mol. The maximum Gasteiger partial charge on any atom is 0.224 e. The molecule has 6 nitrogen and oxygen atoms in total. The van der Waals surface area contributed by atoms with Gasteiger partial charge in [-0.1, -0.05) is 36.4 Å². The number of halogens is 1. The number of nitrogens with one attached hydrogen (secondary N) is 2. The molecule has 1 fully saturated rings. The second-order valence-corrected chi connectivity index (χ2v) is 8.10. The molecule has 29 heavy (non-hydrogen) atoms. The van der Waals surface area contributed by atoms with E-state index >= 15 is 0 Å². The number of rotatable bonds is 7. The number of hydrogen-bond donors (Lipinski definition) is 2. The van der Waals surface area contributed by atoms with Crippen LogP contribution in [0.1, 0.15) is 24.1 Å². The van der Waals surface area contributed by atoms with Gasteiger partial charge in [-0.25, -0.2) is 4.98 Å². The Kier molecular flexibility index (Phi) is 6.69. The highest BCUT2D eigenvalue weighted by molar-refractivity contribution is 9.10. The van der Waals surface area contributed by atoms with Crippen LogP contribution in [0.5, 0.6) is 0 Å². The van der Waals surface area contributed by atoms with E-state index in [2.05, 4.69) is 76.7 Å². The Hall–Kier alpha value is -2.51. The van der Waals surface area contributed by atoms with Crippen LogP contribution in [0, 0.1) is 0 Å². The summed E-state index contributed by atoms with van der Waals surface area (Å²) >= 11 is 3.57. The Morgan fingerprint density at radius 1 is 1.00 bits per heavy atom. The number of piperidine rings is 1. The summed E-state index contributed by atoms with van der Waals surface area (Å²) in [5.41, 5.74) is 2.33. The van der Waals surface area contributed by atoms with Crippen molar-refractivity contribution in [2.45, 2.75) is 32.0 Å². The van der Waals surface area contributed by atoms with Crippen LogP contribution in [0.4, 0.5) is 11.8 Å². The molecule has 3 aromatic rings. The van der Waals surface area contributed by atoms with Crippen molar-refractivity contribution in [2.75, 3.05) is 23.7 Å². The third-order valence-electron chi connectivity index (χ3n) is 5.08. The first-order valence-electron chi connectivity index (χ1n) is 9.95. The Morgan fingerprint density at radius 2 is 1.79 bits per heavy atom. The van der Waals surface area contributed by atoms with Crippen molar-refractivity contribution >= 4 is 27.7 Å². The van der Waals surface area contributed by atoms with Crippen molar-refractivity contribution in [3.63, 3.8) is 0 Å². The lowest BCUT2D eigenvalue weighted by Crippen LogP contribution is -2.38. The van der Waals surface area contributed by atoms with Gasteiger partial charge in [0, 0.05) is 38.1 Å². The van der Waals surface area contributed by atoms with Gasteiger partial charge in [-0.15, -0.1) is 0 Å². The van der Waals surface area contributed by atoms with E-state index in [0.717, 1.165) is 48.5 Å². The summed E-state index contributed by atoms with van der Waals surface area (Å²) in [7, 11) is 0. The van der Waals surface area contributed by atoms with Crippen LogP contribution >= 0.6 is 15.9 Å². The molecule has 1 aliphatic rings. The maximum atomic E-state index is 4.65. The molecule has 0 spiro atoms. The monoisotopic (exact) mass is 452 g/mol. The molecule has 0 radical (unpaired) electrons. The van der Waals surface area contributed by atoms with Crippen LogP contribution in [0.15, 0.2) is 65.4 Å². The number of pyridine rings is 1. The first-order valence-corrected chi connectivity index (χ1v) is 10.7. The van der Waals surface area contributed by atoms with Crippen molar-refractivity contribution < 1.29 is 0 Å². The Labute approximate surface area is 179 Å². The lowest BCUT2D eigenvalue weighted by atomic mass is 10.0. The van der Waals surface area contributed by atoms with Crippen molar-refractivity contribution in [1.82, 2.24) is 19.9 Å². The molecule has 4 rings (SSSR count). The Morgan fingerprint density at radius 3 is 2.55 bits per heavy atom. The van der Waals surface area contributed by atoms with E-state index in [0.29, 0.717) is 18.5 Å². The fourth-order valence-corrected chi connectivity index (χ4v) is 3.80. The SMILES string of the molecule is Brc1cnc(NCc2ccccn2)nc1NC1CCN(Cc2ccccc2)CC1. The van der Waals surface area contributed by atoms with Gasteiger partial charge in [-0.05, 0) is 46.5 Å². The fraction of sp³-hybridized carbons (Fsp3) is 0.318. The quantitative estimate of drug-likeness (QED) is 0.556. The summed E-state index contributed by atoms with van der Waals surface area (Å²) in [6.45, 7) is 3.78. The number of likely N-dealkylation sites (tertiary alicyclic amines) is 1. The fourth-order valence-electron chi connectivity index (χ4n) is 3.50. The number of anilines is 2. The van der Waals surface area contributed by atoms with Gasteiger partial charge in [0.05, 0.1) is 16.7 Å². The topological polar surface area (TPSA) is 66.0 Å². The molecule has 2 aromatic heterocycles. The predicted octanol–water partition coefficient (Wildman–Crippen LogP) is 4.32. The molecule has 150 valence electrons. The molecule has 0 unspecified atom stereocenters. The van der Waals surface area contributed by atoms with Crippen molar-refractivity contribution in [2.24, 2.45) is 0 Å². The Bertz CT molecular complexity index is 898. The van der Waals surface area contributed by atoms with E-state index < -0.39 is 0 Å². The molecule has 0 bridgehead atoms. The summed E-state index contributed by atoms with van der Waals surface area (Å²) in [6.07, 6.45) is 5.77. The first-order chi connectivity index (χ1) is 14.3. The molecule has 0 saturated carbocycles. The minimum Gasteiger partial charge on any atom is -0.366 e.